The maximum atomic E-state index is 9.67. The van der Waals surface area contributed by atoms with E-state index >= 15 is 0 Å². The molecule has 14 heavy (non-hydrogen) atoms. The molecule has 0 amide bonds. The molecule has 2 bridgehead atoms. The summed E-state index contributed by atoms with van der Waals surface area (Å²) in [6.07, 6.45) is 5.94. The van der Waals surface area contributed by atoms with Crippen LogP contribution in [0.4, 0.5) is 0 Å². The third-order valence-corrected chi connectivity index (χ3v) is 4.08. The molecule has 2 aliphatic heterocycles. The van der Waals surface area contributed by atoms with Gasteiger partial charge in [0.05, 0.1) is 6.10 Å². The van der Waals surface area contributed by atoms with Crippen LogP contribution < -0.4 is 0 Å². The summed E-state index contributed by atoms with van der Waals surface area (Å²) in [6.45, 7) is 5.86. The van der Waals surface area contributed by atoms with Crippen LogP contribution in [0, 0.1) is 5.92 Å². The zero-order chi connectivity index (χ0) is 10.1. The molecule has 2 rings (SSSR count). The summed E-state index contributed by atoms with van der Waals surface area (Å²) in [6, 6.07) is 1.38. The van der Waals surface area contributed by atoms with Crippen LogP contribution in [0.3, 0.4) is 0 Å². The highest BCUT2D eigenvalue weighted by Gasteiger charge is 2.39. The summed E-state index contributed by atoms with van der Waals surface area (Å²) in [7, 11) is 0. The third kappa shape index (κ3) is 1.96. The van der Waals surface area contributed by atoms with E-state index in [1.165, 1.54) is 25.8 Å². The molecule has 3 atom stereocenters. The van der Waals surface area contributed by atoms with E-state index in [2.05, 4.69) is 18.7 Å². The summed E-state index contributed by atoms with van der Waals surface area (Å²) < 4.78 is 0. The van der Waals surface area contributed by atoms with Crippen LogP contribution in [0.1, 0.15) is 46.0 Å². The Morgan fingerprint density at radius 1 is 1.29 bits per heavy atom. The fraction of sp³-hybridized carbons (Fsp3) is 1.00. The maximum Gasteiger partial charge on any atom is 0.0570 e. The van der Waals surface area contributed by atoms with Crippen molar-refractivity contribution in [2.45, 2.75) is 64.1 Å². The molecule has 2 nitrogen and oxygen atoms in total. The molecule has 0 aromatic rings. The van der Waals surface area contributed by atoms with Gasteiger partial charge in [-0.3, -0.25) is 4.90 Å². The molecule has 0 spiro atoms. The van der Waals surface area contributed by atoms with Gasteiger partial charge in [-0.15, -0.1) is 0 Å². The van der Waals surface area contributed by atoms with E-state index in [9.17, 15) is 5.11 Å². The number of piperidine rings is 1. The van der Waals surface area contributed by atoms with Crippen LogP contribution in [-0.4, -0.2) is 34.7 Å². The van der Waals surface area contributed by atoms with Gasteiger partial charge in [-0.25, -0.2) is 0 Å². The molecule has 2 heteroatoms. The first-order valence-corrected chi connectivity index (χ1v) is 6.14. The summed E-state index contributed by atoms with van der Waals surface area (Å²) >= 11 is 0. The SMILES string of the molecule is CCC(C)CN1C2CCC1CC(O)C2. The number of hydrogen-bond acceptors (Lipinski definition) is 2. The molecular weight excluding hydrogens is 174 g/mol. The number of fused-ring (bicyclic) bond motifs is 2. The predicted molar refractivity (Wildman–Crippen MR) is 58.2 cm³/mol. The first-order valence-electron chi connectivity index (χ1n) is 6.14. The van der Waals surface area contributed by atoms with Crippen LogP contribution in [0.5, 0.6) is 0 Å². The summed E-state index contributed by atoms with van der Waals surface area (Å²) in [5.41, 5.74) is 0. The van der Waals surface area contributed by atoms with Gasteiger partial charge in [-0.2, -0.15) is 0 Å². The second-order valence-electron chi connectivity index (χ2n) is 5.22. The van der Waals surface area contributed by atoms with Crippen molar-refractivity contribution in [2.24, 2.45) is 5.92 Å². The number of aliphatic hydroxyl groups is 1. The monoisotopic (exact) mass is 197 g/mol. The molecule has 2 fully saturated rings. The van der Waals surface area contributed by atoms with Crippen LogP contribution >= 0.6 is 0 Å². The molecule has 0 saturated carbocycles. The largest absolute Gasteiger partial charge is 0.393 e. The highest BCUT2D eigenvalue weighted by atomic mass is 16.3. The Hall–Kier alpha value is -0.0800. The minimum atomic E-state index is -0.0133. The minimum Gasteiger partial charge on any atom is -0.393 e. The average Bonchev–Trinajstić information content (AvgIpc) is 2.41. The Bertz CT molecular complexity index is 181. The Morgan fingerprint density at radius 2 is 1.86 bits per heavy atom. The molecule has 0 aliphatic carbocycles. The smallest absolute Gasteiger partial charge is 0.0570 e. The molecule has 2 saturated heterocycles. The molecule has 0 aromatic carbocycles. The fourth-order valence-electron chi connectivity index (χ4n) is 3.03. The summed E-state index contributed by atoms with van der Waals surface area (Å²) in [5.74, 6) is 0.813. The van der Waals surface area contributed by atoms with Crippen molar-refractivity contribution >= 4 is 0 Å². The molecular formula is C12H23NO. The molecule has 3 unspecified atom stereocenters. The quantitative estimate of drug-likeness (QED) is 0.748. The van der Waals surface area contributed by atoms with Gasteiger partial charge in [-0.05, 0) is 31.6 Å². The van der Waals surface area contributed by atoms with Gasteiger partial charge in [-0.1, -0.05) is 20.3 Å². The van der Waals surface area contributed by atoms with E-state index in [0.717, 1.165) is 18.8 Å². The lowest BCUT2D eigenvalue weighted by Crippen LogP contribution is -2.46. The van der Waals surface area contributed by atoms with E-state index in [0.29, 0.717) is 12.1 Å². The highest BCUT2D eigenvalue weighted by molar-refractivity contribution is 4.95. The van der Waals surface area contributed by atoms with E-state index in [1.807, 2.05) is 0 Å². The normalized spacial score (nSPS) is 40.1. The van der Waals surface area contributed by atoms with E-state index in [-0.39, 0.29) is 6.10 Å². The van der Waals surface area contributed by atoms with Gasteiger partial charge < -0.3 is 5.11 Å². The van der Waals surface area contributed by atoms with Crippen LogP contribution in [0.2, 0.25) is 0 Å². The molecule has 82 valence electrons. The van der Waals surface area contributed by atoms with Gasteiger partial charge in [0.15, 0.2) is 0 Å². The van der Waals surface area contributed by atoms with Gasteiger partial charge in [0.1, 0.15) is 0 Å². The van der Waals surface area contributed by atoms with Crippen molar-refractivity contribution in [3.63, 3.8) is 0 Å². The van der Waals surface area contributed by atoms with Gasteiger partial charge >= 0.3 is 0 Å². The average molecular weight is 197 g/mol. The number of nitrogens with zero attached hydrogens (tertiary/aromatic N) is 1. The van der Waals surface area contributed by atoms with E-state index in [1.54, 1.807) is 0 Å². The topological polar surface area (TPSA) is 23.5 Å². The Balaban J connectivity index is 1.94. The molecule has 1 N–H and O–H groups in total. The number of hydrogen-bond donors (Lipinski definition) is 1. The van der Waals surface area contributed by atoms with E-state index < -0.39 is 0 Å². The lowest BCUT2D eigenvalue weighted by molar-refractivity contribution is 0.0279. The van der Waals surface area contributed by atoms with Crippen molar-refractivity contribution in [2.75, 3.05) is 6.54 Å². The lowest BCUT2D eigenvalue weighted by Gasteiger charge is -2.38. The predicted octanol–water partition coefficient (Wildman–Crippen LogP) is 2.02. The molecule has 0 radical (unpaired) electrons. The van der Waals surface area contributed by atoms with Crippen molar-refractivity contribution in [1.29, 1.82) is 0 Å². The first kappa shape index (κ1) is 10.4. The van der Waals surface area contributed by atoms with Gasteiger partial charge in [0.2, 0.25) is 0 Å². The Morgan fingerprint density at radius 3 is 2.36 bits per heavy atom. The molecule has 2 heterocycles. The van der Waals surface area contributed by atoms with E-state index in [4.69, 9.17) is 0 Å². The first-order chi connectivity index (χ1) is 6.70. The lowest BCUT2D eigenvalue weighted by atomic mass is 9.97. The summed E-state index contributed by atoms with van der Waals surface area (Å²) in [5, 5.41) is 9.67. The third-order valence-electron chi connectivity index (χ3n) is 4.08. The maximum absolute atomic E-state index is 9.67. The highest BCUT2D eigenvalue weighted by Crippen LogP contribution is 2.36. The zero-order valence-electron chi connectivity index (χ0n) is 9.45. The standard InChI is InChI=1S/C12H23NO/c1-3-9(2)8-13-10-4-5-11(13)7-12(14)6-10/h9-12,14H,3-8H2,1-2H3. The minimum absolute atomic E-state index is 0.0133. The van der Waals surface area contributed by atoms with Crippen LogP contribution in [0.25, 0.3) is 0 Å². The van der Waals surface area contributed by atoms with Crippen LogP contribution in [0.15, 0.2) is 0 Å². The summed E-state index contributed by atoms with van der Waals surface area (Å²) in [4.78, 5) is 2.67. The fourth-order valence-corrected chi connectivity index (χ4v) is 3.03. The van der Waals surface area contributed by atoms with Crippen molar-refractivity contribution in [3.8, 4) is 0 Å². The van der Waals surface area contributed by atoms with Gasteiger partial charge in [0.25, 0.3) is 0 Å². The van der Waals surface area contributed by atoms with Gasteiger partial charge in [0, 0.05) is 18.6 Å². The zero-order valence-corrected chi connectivity index (χ0v) is 9.45. The molecule has 0 aromatic heterocycles. The second kappa shape index (κ2) is 4.19. The van der Waals surface area contributed by atoms with Crippen molar-refractivity contribution < 1.29 is 5.11 Å². The number of rotatable bonds is 3. The molecule has 2 aliphatic rings. The van der Waals surface area contributed by atoms with Crippen molar-refractivity contribution in [3.05, 3.63) is 0 Å². The van der Waals surface area contributed by atoms with Crippen LogP contribution in [-0.2, 0) is 0 Å². The Kier molecular flexibility index (Phi) is 3.13. The second-order valence-corrected chi connectivity index (χ2v) is 5.22. The Labute approximate surface area is 87.3 Å². The van der Waals surface area contributed by atoms with Crippen molar-refractivity contribution in [1.82, 2.24) is 4.90 Å². The number of aliphatic hydroxyl groups excluding tert-OH is 1.